The van der Waals surface area contributed by atoms with Crippen molar-refractivity contribution in [2.45, 2.75) is 12.1 Å². The van der Waals surface area contributed by atoms with Crippen LogP contribution in [0.1, 0.15) is 23.2 Å². The highest BCUT2D eigenvalue weighted by atomic mass is 16.5. The van der Waals surface area contributed by atoms with Crippen molar-refractivity contribution >= 4 is 17.6 Å². The Hall–Kier alpha value is -3.28. The molecule has 0 radical (unpaired) electrons. The van der Waals surface area contributed by atoms with Gasteiger partial charge in [-0.3, -0.25) is 0 Å². The maximum absolute atomic E-state index is 12.6. The minimum Gasteiger partial charge on any atom is -0.497 e. The van der Waals surface area contributed by atoms with Crippen molar-refractivity contribution in [2.75, 3.05) is 26.2 Å². The third-order valence-electron chi connectivity index (χ3n) is 5.16. The maximum atomic E-state index is 12.6. The average molecular weight is 365 g/mol. The van der Waals surface area contributed by atoms with Gasteiger partial charge in [-0.15, -0.1) is 0 Å². The first-order valence-electron chi connectivity index (χ1n) is 8.54. The summed E-state index contributed by atoms with van der Waals surface area (Å²) < 4.78 is 15.2. The summed E-state index contributed by atoms with van der Waals surface area (Å²) >= 11 is 0. The molecule has 27 heavy (non-hydrogen) atoms. The van der Waals surface area contributed by atoms with Crippen LogP contribution in [0.25, 0.3) is 0 Å². The van der Waals surface area contributed by atoms with Crippen LogP contribution in [0, 0.1) is 0 Å². The van der Waals surface area contributed by atoms with E-state index in [4.69, 9.17) is 14.2 Å². The number of methoxy groups -OCH3 is 3. The van der Waals surface area contributed by atoms with E-state index in [0.717, 1.165) is 22.6 Å². The molecule has 0 amide bonds. The highest BCUT2D eigenvalue weighted by Crippen LogP contribution is 2.58. The van der Waals surface area contributed by atoms with Crippen molar-refractivity contribution in [3.63, 3.8) is 0 Å². The SMILES string of the molecule is COC(=O)C1=C(C(=O)OC)C2c3ccccc3C1N2c1ccc(OC)cc1. The lowest BCUT2D eigenvalue weighted by atomic mass is 9.86. The second-order valence-electron chi connectivity index (χ2n) is 6.35. The third kappa shape index (κ3) is 2.40. The van der Waals surface area contributed by atoms with Gasteiger partial charge in [-0.25, -0.2) is 9.59 Å². The van der Waals surface area contributed by atoms with Crippen molar-refractivity contribution < 1.29 is 23.8 Å². The highest BCUT2D eigenvalue weighted by molar-refractivity contribution is 6.06. The van der Waals surface area contributed by atoms with E-state index >= 15 is 0 Å². The number of carbonyl (C=O) groups excluding carboxylic acids is 2. The minimum atomic E-state index is -0.518. The molecule has 0 N–H and O–H groups in total. The van der Waals surface area contributed by atoms with Gasteiger partial charge < -0.3 is 19.1 Å². The first-order chi connectivity index (χ1) is 13.1. The Labute approximate surface area is 156 Å². The Morgan fingerprint density at radius 3 is 1.67 bits per heavy atom. The quantitative estimate of drug-likeness (QED) is 0.776. The molecule has 0 aromatic heterocycles. The van der Waals surface area contributed by atoms with Gasteiger partial charge in [0.15, 0.2) is 0 Å². The Balaban J connectivity index is 1.91. The molecule has 0 aliphatic carbocycles. The van der Waals surface area contributed by atoms with Crippen molar-refractivity contribution in [2.24, 2.45) is 0 Å². The monoisotopic (exact) mass is 365 g/mol. The molecule has 2 bridgehead atoms. The number of anilines is 1. The van der Waals surface area contributed by atoms with E-state index in [0.29, 0.717) is 11.1 Å². The number of ether oxygens (including phenoxy) is 3. The number of nitrogens with zero attached hydrogens (tertiary/aromatic N) is 1. The van der Waals surface area contributed by atoms with Crippen LogP contribution in [0.4, 0.5) is 5.69 Å². The topological polar surface area (TPSA) is 65.1 Å². The van der Waals surface area contributed by atoms with Crippen LogP contribution >= 0.6 is 0 Å². The van der Waals surface area contributed by atoms with Crippen LogP contribution in [0.15, 0.2) is 59.7 Å². The van der Waals surface area contributed by atoms with E-state index in [1.165, 1.54) is 14.2 Å². The molecule has 138 valence electrons. The third-order valence-corrected chi connectivity index (χ3v) is 5.16. The van der Waals surface area contributed by atoms with Crippen molar-refractivity contribution in [1.82, 2.24) is 0 Å². The minimum absolute atomic E-state index is 0.337. The number of esters is 2. The van der Waals surface area contributed by atoms with E-state index in [9.17, 15) is 9.59 Å². The standard InChI is InChI=1S/C21H19NO5/c1-25-13-10-8-12(9-11-13)22-18-14-6-4-5-7-15(14)19(22)17(21(24)27-3)16(18)20(23)26-2/h4-11,18-19H,1-3H3. The van der Waals surface area contributed by atoms with Gasteiger partial charge in [-0.05, 0) is 35.4 Å². The van der Waals surface area contributed by atoms with E-state index in [1.807, 2.05) is 48.5 Å². The van der Waals surface area contributed by atoms with Crippen molar-refractivity contribution in [1.29, 1.82) is 0 Å². The van der Waals surface area contributed by atoms with Crippen molar-refractivity contribution in [3.8, 4) is 5.75 Å². The van der Waals surface area contributed by atoms with E-state index in [2.05, 4.69) is 4.90 Å². The summed E-state index contributed by atoms with van der Waals surface area (Å²) in [6.07, 6.45) is 0. The number of hydrogen-bond donors (Lipinski definition) is 0. The molecule has 2 heterocycles. The average Bonchev–Trinajstić information content (AvgIpc) is 3.24. The fraction of sp³-hybridized carbons (Fsp3) is 0.238. The molecule has 2 aromatic carbocycles. The van der Waals surface area contributed by atoms with Crippen LogP contribution in [0.3, 0.4) is 0 Å². The van der Waals surface area contributed by atoms with E-state index < -0.39 is 24.0 Å². The molecule has 0 fully saturated rings. The zero-order chi connectivity index (χ0) is 19.1. The van der Waals surface area contributed by atoms with Gasteiger partial charge in [0.25, 0.3) is 0 Å². The molecule has 0 saturated carbocycles. The number of hydrogen-bond acceptors (Lipinski definition) is 6. The van der Waals surface area contributed by atoms with Crippen LogP contribution in [-0.4, -0.2) is 33.3 Å². The molecule has 2 aliphatic rings. The Morgan fingerprint density at radius 2 is 1.26 bits per heavy atom. The highest BCUT2D eigenvalue weighted by Gasteiger charge is 2.54. The van der Waals surface area contributed by atoms with Gasteiger partial charge in [-0.1, -0.05) is 24.3 Å². The summed E-state index contributed by atoms with van der Waals surface area (Å²) in [7, 11) is 4.25. The second kappa shape index (κ2) is 6.46. The molecule has 2 atom stereocenters. The molecule has 2 aliphatic heterocycles. The number of fused-ring (bicyclic) bond motifs is 5. The number of rotatable bonds is 4. The molecular formula is C21H19NO5. The first kappa shape index (κ1) is 17.1. The van der Waals surface area contributed by atoms with Gasteiger partial charge >= 0.3 is 11.9 Å². The van der Waals surface area contributed by atoms with Gasteiger partial charge in [0.1, 0.15) is 5.75 Å². The largest absolute Gasteiger partial charge is 0.497 e. The van der Waals surface area contributed by atoms with Gasteiger partial charge in [0, 0.05) is 5.69 Å². The lowest BCUT2D eigenvalue weighted by Gasteiger charge is -2.26. The molecule has 6 heteroatoms. The Kier molecular flexibility index (Phi) is 4.11. The number of carbonyl (C=O) groups is 2. The molecular weight excluding hydrogens is 346 g/mol. The van der Waals surface area contributed by atoms with E-state index in [-0.39, 0.29) is 0 Å². The molecule has 0 spiro atoms. The smallest absolute Gasteiger partial charge is 0.336 e. The van der Waals surface area contributed by atoms with Gasteiger partial charge in [0.2, 0.25) is 0 Å². The summed E-state index contributed by atoms with van der Waals surface area (Å²) in [5.41, 5.74) is 3.53. The fourth-order valence-electron chi connectivity index (χ4n) is 4.06. The van der Waals surface area contributed by atoms with E-state index in [1.54, 1.807) is 7.11 Å². The van der Waals surface area contributed by atoms with Crippen molar-refractivity contribution in [3.05, 3.63) is 70.8 Å². The normalized spacial score (nSPS) is 19.7. The lowest BCUT2D eigenvalue weighted by molar-refractivity contribution is -0.139. The zero-order valence-electron chi connectivity index (χ0n) is 15.3. The summed E-state index contributed by atoms with van der Waals surface area (Å²) in [6, 6.07) is 14.6. The first-order valence-corrected chi connectivity index (χ1v) is 8.54. The van der Waals surface area contributed by atoms with Gasteiger partial charge in [-0.2, -0.15) is 0 Å². The summed E-state index contributed by atoms with van der Waals surface area (Å²) in [5.74, 6) is -0.302. The van der Waals surface area contributed by atoms with Crippen LogP contribution < -0.4 is 9.64 Å². The van der Waals surface area contributed by atoms with Crippen LogP contribution in [0.2, 0.25) is 0 Å². The summed E-state index contributed by atoms with van der Waals surface area (Å²) in [5, 5.41) is 0. The predicted octanol–water partition coefficient (Wildman–Crippen LogP) is 2.95. The summed E-state index contributed by atoms with van der Waals surface area (Å²) in [6.45, 7) is 0. The predicted molar refractivity (Wildman–Crippen MR) is 98.5 cm³/mol. The Morgan fingerprint density at radius 1 is 0.778 bits per heavy atom. The lowest BCUT2D eigenvalue weighted by Crippen LogP contribution is -2.23. The molecule has 6 nitrogen and oxygen atoms in total. The number of benzene rings is 2. The summed E-state index contributed by atoms with van der Waals surface area (Å²) in [4.78, 5) is 27.2. The van der Waals surface area contributed by atoms with Crippen LogP contribution in [-0.2, 0) is 19.1 Å². The van der Waals surface area contributed by atoms with Gasteiger partial charge in [0.05, 0.1) is 44.6 Å². The molecule has 2 aromatic rings. The molecule has 4 rings (SSSR count). The van der Waals surface area contributed by atoms with Crippen LogP contribution in [0.5, 0.6) is 5.75 Å². The molecule has 2 unspecified atom stereocenters. The second-order valence-corrected chi connectivity index (χ2v) is 6.35. The zero-order valence-corrected chi connectivity index (χ0v) is 15.3. The fourth-order valence-corrected chi connectivity index (χ4v) is 4.06. The Bertz CT molecular complexity index is 894. The molecule has 0 saturated heterocycles. The maximum Gasteiger partial charge on any atom is 0.336 e.